The number of ether oxygens (including phenoxy) is 1. The van der Waals surface area contributed by atoms with Gasteiger partial charge in [-0.2, -0.15) is 5.26 Å². The molecule has 1 N–H and O–H groups in total. The molecule has 1 aromatic carbocycles. The summed E-state index contributed by atoms with van der Waals surface area (Å²) < 4.78 is 4.73. The first-order valence-electron chi connectivity index (χ1n) is 5.86. The van der Waals surface area contributed by atoms with E-state index >= 15 is 0 Å². The molecule has 0 saturated heterocycles. The van der Waals surface area contributed by atoms with Gasteiger partial charge in [-0.05, 0) is 17.7 Å². The predicted octanol–water partition coefficient (Wildman–Crippen LogP) is 1.93. The van der Waals surface area contributed by atoms with Gasteiger partial charge in [0, 0.05) is 17.6 Å². The standard InChI is InChI=1S/C14H13ClN2O3/c15-12-5-2-1-4-11(12)6-7-14(19)20-10-13(18)17-9-3-8-16/h1-2,4-7H,3,9-10H2,(H,17,18)/b7-6+. The maximum absolute atomic E-state index is 11.4. The first-order chi connectivity index (χ1) is 9.63. The second kappa shape index (κ2) is 8.73. The molecule has 0 aliphatic heterocycles. The number of nitriles is 1. The maximum atomic E-state index is 11.4. The fourth-order valence-electron chi connectivity index (χ4n) is 1.26. The Morgan fingerprint density at radius 3 is 2.85 bits per heavy atom. The molecule has 0 radical (unpaired) electrons. The summed E-state index contributed by atoms with van der Waals surface area (Å²) in [5, 5.41) is 11.2. The van der Waals surface area contributed by atoms with E-state index in [2.05, 4.69) is 5.32 Å². The van der Waals surface area contributed by atoms with Crippen molar-refractivity contribution in [3.05, 3.63) is 40.9 Å². The molecule has 1 amide bonds. The zero-order chi connectivity index (χ0) is 14.8. The van der Waals surface area contributed by atoms with E-state index in [0.717, 1.165) is 0 Å². The molecule has 0 unspecified atom stereocenters. The molecule has 0 aliphatic carbocycles. The van der Waals surface area contributed by atoms with Crippen LogP contribution in [-0.4, -0.2) is 25.0 Å². The van der Waals surface area contributed by atoms with Crippen LogP contribution in [0.1, 0.15) is 12.0 Å². The first kappa shape index (κ1) is 15.7. The van der Waals surface area contributed by atoms with E-state index in [4.69, 9.17) is 21.6 Å². The van der Waals surface area contributed by atoms with Gasteiger partial charge in [-0.1, -0.05) is 29.8 Å². The SMILES string of the molecule is N#CCCNC(=O)COC(=O)/C=C/c1ccccc1Cl. The van der Waals surface area contributed by atoms with Crippen LogP contribution in [0, 0.1) is 11.3 Å². The molecule has 5 nitrogen and oxygen atoms in total. The zero-order valence-corrected chi connectivity index (χ0v) is 11.4. The molecule has 6 heteroatoms. The third-order valence-corrected chi connectivity index (χ3v) is 2.55. The van der Waals surface area contributed by atoms with E-state index in [1.165, 1.54) is 12.2 Å². The number of carbonyl (C=O) groups is 2. The van der Waals surface area contributed by atoms with Gasteiger partial charge in [0.1, 0.15) is 0 Å². The third-order valence-electron chi connectivity index (χ3n) is 2.21. The van der Waals surface area contributed by atoms with Crippen LogP contribution in [-0.2, 0) is 14.3 Å². The van der Waals surface area contributed by atoms with Gasteiger partial charge in [-0.25, -0.2) is 4.79 Å². The number of carbonyl (C=O) groups excluding carboxylic acids is 2. The lowest BCUT2D eigenvalue weighted by Crippen LogP contribution is -2.29. The van der Waals surface area contributed by atoms with Crippen LogP contribution in [0.3, 0.4) is 0 Å². The second-order valence-corrected chi connectivity index (χ2v) is 4.13. The van der Waals surface area contributed by atoms with Crippen molar-refractivity contribution in [2.75, 3.05) is 13.2 Å². The molecule has 0 atom stereocenters. The average molecular weight is 293 g/mol. The van der Waals surface area contributed by atoms with E-state index in [-0.39, 0.29) is 19.6 Å². The van der Waals surface area contributed by atoms with Crippen LogP contribution in [0.5, 0.6) is 0 Å². The highest BCUT2D eigenvalue weighted by molar-refractivity contribution is 6.32. The number of hydrogen-bond donors (Lipinski definition) is 1. The van der Waals surface area contributed by atoms with Gasteiger partial charge in [0.05, 0.1) is 12.5 Å². The van der Waals surface area contributed by atoms with Crippen molar-refractivity contribution >= 4 is 29.6 Å². The highest BCUT2D eigenvalue weighted by Gasteiger charge is 2.04. The molecule has 0 bridgehead atoms. The Hall–Kier alpha value is -2.32. The Labute approximate surface area is 121 Å². The molecule has 0 fully saturated rings. The molecule has 0 saturated carbocycles. The minimum Gasteiger partial charge on any atom is -0.452 e. The van der Waals surface area contributed by atoms with Crippen LogP contribution in [0.4, 0.5) is 0 Å². The highest BCUT2D eigenvalue weighted by atomic mass is 35.5. The molecule has 1 aromatic rings. The van der Waals surface area contributed by atoms with E-state index in [1.54, 1.807) is 24.3 Å². The predicted molar refractivity (Wildman–Crippen MR) is 74.7 cm³/mol. The molecule has 20 heavy (non-hydrogen) atoms. The molecule has 1 rings (SSSR count). The Balaban J connectivity index is 2.35. The van der Waals surface area contributed by atoms with Crippen LogP contribution < -0.4 is 5.32 Å². The molecule has 0 aromatic heterocycles. The second-order valence-electron chi connectivity index (χ2n) is 3.72. The smallest absolute Gasteiger partial charge is 0.331 e. The lowest BCUT2D eigenvalue weighted by Gasteiger charge is -2.03. The van der Waals surface area contributed by atoms with Crippen LogP contribution in [0.2, 0.25) is 5.02 Å². The summed E-state index contributed by atoms with van der Waals surface area (Å²) in [6.45, 7) is -0.139. The fraction of sp³-hybridized carbons (Fsp3) is 0.214. The van der Waals surface area contributed by atoms with Crippen molar-refractivity contribution in [3.63, 3.8) is 0 Å². The average Bonchev–Trinajstić information content (AvgIpc) is 2.44. The maximum Gasteiger partial charge on any atom is 0.331 e. The summed E-state index contributed by atoms with van der Waals surface area (Å²) in [5.74, 6) is -1.08. The number of halogens is 1. The van der Waals surface area contributed by atoms with Crippen molar-refractivity contribution in [3.8, 4) is 6.07 Å². The molecule has 0 aliphatic rings. The quantitative estimate of drug-likeness (QED) is 0.493. The highest BCUT2D eigenvalue weighted by Crippen LogP contribution is 2.16. The van der Waals surface area contributed by atoms with E-state index in [9.17, 15) is 9.59 Å². The summed E-state index contributed by atoms with van der Waals surface area (Å²) in [6.07, 6.45) is 2.92. The Bertz CT molecular complexity index is 550. The first-order valence-corrected chi connectivity index (χ1v) is 6.24. The van der Waals surface area contributed by atoms with E-state index < -0.39 is 11.9 Å². The van der Waals surface area contributed by atoms with Gasteiger partial charge in [-0.3, -0.25) is 4.79 Å². The van der Waals surface area contributed by atoms with Crippen molar-refractivity contribution < 1.29 is 14.3 Å². The molecular formula is C14H13ClN2O3. The number of benzene rings is 1. The number of rotatable bonds is 6. The summed E-state index contributed by atoms with van der Waals surface area (Å²) in [5.41, 5.74) is 0.685. The lowest BCUT2D eigenvalue weighted by molar-refractivity contribution is -0.143. The van der Waals surface area contributed by atoms with Crippen molar-refractivity contribution in [2.24, 2.45) is 0 Å². The van der Waals surface area contributed by atoms with Crippen LogP contribution in [0.15, 0.2) is 30.3 Å². The van der Waals surface area contributed by atoms with Gasteiger partial charge in [0.2, 0.25) is 0 Å². The monoisotopic (exact) mass is 292 g/mol. The summed E-state index contributed by atoms with van der Waals surface area (Å²) in [7, 11) is 0. The van der Waals surface area contributed by atoms with Gasteiger partial charge >= 0.3 is 5.97 Å². The van der Waals surface area contributed by atoms with Gasteiger partial charge in [0.15, 0.2) is 6.61 Å². The third kappa shape index (κ3) is 6.03. The minimum atomic E-state index is -0.639. The van der Waals surface area contributed by atoms with Gasteiger partial charge in [-0.15, -0.1) is 0 Å². The zero-order valence-electron chi connectivity index (χ0n) is 10.6. The normalized spacial score (nSPS) is 10.0. The van der Waals surface area contributed by atoms with Crippen molar-refractivity contribution in [2.45, 2.75) is 6.42 Å². The van der Waals surface area contributed by atoms with Gasteiger partial charge < -0.3 is 10.1 Å². The lowest BCUT2D eigenvalue weighted by atomic mass is 10.2. The van der Waals surface area contributed by atoms with E-state index in [1.807, 2.05) is 6.07 Å². The summed E-state index contributed by atoms with van der Waals surface area (Å²) in [6, 6.07) is 8.91. The fourth-order valence-corrected chi connectivity index (χ4v) is 1.46. The molecule has 104 valence electrons. The Morgan fingerprint density at radius 2 is 2.15 bits per heavy atom. The van der Waals surface area contributed by atoms with Crippen LogP contribution in [0.25, 0.3) is 6.08 Å². The molecule has 0 spiro atoms. The van der Waals surface area contributed by atoms with Crippen molar-refractivity contribution in [1.82, 2.24) is 5.32 Å². The number of nitrogens with one attached hydrogen (secondary N) is 1. The van der Waals surface area contributed by atoms with Crippen molar-refractivity contribution in [1.29, 1.82) is 5.26 Å². The van der Waals surface area contributed by atoms with E-state index in [0.29, 0.717) is 10.6 Å². The van der Waals surface area contributed by atoms with Crippen LogP contribution >= 0.6 is 11.6 Å². The Morgan fingerprint density at radius 1 is 1.40 bits per heavy atom. The molecular weight excluding hydrogens is 280 g/mol. The summed E-state index contributed by atoms with van der Waals surface area (Å²) >= 11 is 5.91. The number of esters is 1. The Kier molecular flexibility index (Phi) is 6.87. The topological polar surface area (TPSA) is 79.2 Å². The van der Waals surface area contributed by atoms with Gasteiger partial charge in [0.25, 0.3) is 5.91 Å². The number of hydrogen-bond acceptors (Lipinski definition) is 4. The summed E-state index contributed by atoms with van der Waals surface area (Å²) in [4.78, 5) is 22.6. The number of amides is 1. The minimum absolute atomic E-state index is 0.214. The number of nitrogens with zero attached hydrogens (tertiary/aromatic N) is 1. The molecule has 0 heterocycles. The largest absolute Gasteiger partial charge is 0.452 e.